The van der Waals surface area contributed by atoms with Crippen LogP contribution in [0.5, 0.6) is 0 Å². The normalized spacial score (nSPS) is 12.9. The predicted octanol–water partition coefficient (Wildman–Crippen LogP) is 0.472. The maximum atomic E-state index is 10.9. The summed E-state index contributed by atoms with van der Waals surface area (Å²) in [7, 11) is -3.23. The number of halogens is 1. The summed E-state index contributed by atoms with van der Waals surface area (Å²) in [6.45, 7) is 0. The van der Waals surface area contributed by atoms with Crippen LogP contribution in [-0.4, -0.2) is 14.7 Å². The van der Waals surface area contributed by atoms with Crippen molar-refractivity contribution < 1.29 is 12.8 Å². The van der Waals surface area contributed by atoms with Gasteiger partial charge in [-0.3, -0.25) is 0 Å². The van der Waals surface area contributed by atoms with Crippen molar-refractivity contribution in [2.24, 2.45) is 0 Å². The van der Waals surface area contributed by atoms with Crippen LogP contribution < -0.4 is 0 Å². The van der Waals surface area contributed by atoms with E-state index in [1.165, 1.54) is 0 Å². The van der Waals surface area contributed by atoms with Crippen LogP contribution in [0.4, 0.5) is 4.39 Å². The summed E-state index contributed by atoms with van der Waals surface area (Å²) in [4.78, 5) is 0. The maximum absolute atomic E-state index is 10.9. The van der Waals surface area contributed by atoms with Crippen molar-refractivity contribution in [3.63, 3.8) is 0 Å². The Morgan fingerprint density at radius 2 is 2.00 bits per heavy atom. The molecule has 0 fully saturated rings. The molecule has 0 aliphatic heterocycles. The monoisotopic (exact) mass is 124 g/mol. The molecule has 0 atom stereocenters. The van der Waals surface area contributed by atoms with E-state index < -0.39 is 9.84 Å². The Labute approximate surface area is 41.6 Å². The van der Waals surface area contributed by atoms with Crippen molar-refractivity contribution in [1.82, 2.24) is 0 Å². The molecule has 0 unspecified atom stereocenters. The molecule has 0 heterocycles. The molecule has 7 heavy (non-hydrogen) atoms. The van der Waals surface area contributed by atoms with Crippen molar-refractivity contribution in [3.8, 4) is 0 Å². The summed E-state index contributed by atoms with van der Waals surface area (Å²) in [6, 6.07) is 0. The second-order valence-electron chi connectivity index (χ2n) is 1.09. The lowest BCUT2D eigenvalue weighted by atomic mass is 11.2. The van der Waals surface area contributed by atoms with Gasteiger partial charge in [0.15, 0.2) is 9.84 Å². The van der Waals surface area contributed by atoms with Gasteiger partial charge >= 0.3 is 0 Å². The molecule has 0 bridgehead atoms. The molecule has 0 aromatic heterocycles. The SMILES string of the molecule is CS(=O)(=O)/C=C/F. The highest BCUT2D eigenvalue weighted by Gasteiger charge is 1.88. The zero-order valence-corrected chi connectivity index (χ0v) is 4.57. The van der Waals surface area contributed by atoms with Gasteiger partial charge in [0.1, 0.15) is 0 Å². The van der Waals surface area contributed by atoms with Gasteiger partial charge in [0, 0.05) is 6.26 Å². The van der Waals surface area contributed by atoms with Crippen molar-refractivity contribution in [2.75, 3.05) is 6.26 Å². The molecule has 0 saturated carbocycles. The van der Waals surface area contributed by atoms with Crippen LogP contribution >= 0.6 is 0 Å². The molecule has 0 amide bonds. The number of hydrogen-bond donors (Lipinski definition) is 0. The first-order valence-electron chi connectivity index (χ1n) is 1.53. The Hall–Kier alpha value is -0.380. The van der Waals surface area contributed by atoms with Crippen molar-refractivity contribution in [3.05, 3.63) is 11.7 Å². The van der Waals surface area contributed by atoms with E-state index >= 15 is 0 Å². The van der Waals surface area contributed by atoms with E-state index in [1.807, 2.05) is 0 Å². The Morgan fingerprint density at radius 3 is 2.00 bits per heavy atom. The average Bonchev–Trinajstić information content (AvgIpc) is 1.30. The van der Waals surface area contributed by atoms with Crippen molar-refractivity contribution in [2.45, 2.75) is 0 Å². The van der Waals surface area contributed by atoms with Crippen LogP contribution in [0.3, 0.4) is 0 Å². The summed E-state index contributed by atoms with van der Waals surface area (Å²) < 4.78 is 30.7. The van der Waals surface area contributed by atoms with Gasteiger partial charge < -0.3 is 0 Å². The van der Waals surface area contributed by atoms with Gasteiger partial charge in [-0.25, -0.2) is 12.8 Å². The fraction of sp³-hybridized carbons (Fsp3) is 0.333. The van der Waals surface area contributed by atoms with E-state index in [0.717, 1.165) is 6.26 Å². The van der Waals surface area contributed by atoms with Crippen LogP contribution in [0.25, 0.3) is 0 Å². The molecular formula is C3H5FO2S. The molecule has 42 valence electrons. The van der Waals surface area contributed by atoms with E-state index in [-0.39, 0.29) is 6.33 Å². The standard InChI is InChI=1S/C3H5FO2S/c1-7(5,6)3-2-4/h2-3H,1H3/b3-2+. The largest absolute Gasteiger partial charge is 0.225 e. The summed E-state index contributed by atoms with van der Waals surface area (Å²) in [6.07, 6.45) is 0.915. The molecule has 0 radical (unpaired) electrons. The Kier molecular flexibility index (Phi) is 1.95. The molecule has 0 aliphatic rings. The lowest BCUT2D eigenvalue weighted by Crippen LogP contribution is -1.85. The van der Waals surface area contributed by atoms with E-state index in [0.29, 0.717) is 5.41 Å². The predicted molar refractivity (Wildman–Crippen MR) is 25.1 cm³/mol. The summed E-state index contributed by atoms with van der Waals surface area (Å²) >= 11 is 0. The Balaban J connectivity index is 4.13. The van der Waals surface area contributed by atoms with Crippen LogP contribution in [-0.2, 0) is 9.84 Å². The summed E-state index contributed by atoms with van der Waals surface area (Å²) in [5.74, 6) is 0. The minimum absolute atomic E-state index is 0.00463. The van der Waals surface area contributed by atoms with E-state index in [9.17, 15) is 12.8 Å². The van der Waals surface area contributed by atoms with Gasteiger partial charge in [-0.05, 0) is 0 Å². The number of rotatable bonds is 1. The molecule has 0 N–H and O–H groups in total. The minimum atomic E-state index is -3.23. The average molecular weight is 124 g/mol. The van der Waals surface area contributed by atoms with Gasteiger partial charge in [-0.1, -0.05) is 0 Å². The number of sulfone groups is 1. The van der Waals surface area contributed by atoms with Gasteiger partial charge in [0.25, 0.3) is 0 Å². The highest BCUT2D eigenvalue weighted by molar-refractivity contribution is 7.93. The highest BCUT2D eigenvalue weighted by atomic mass is 32.2. The molecule has 0 saturated heterocycles. The van der Waals surface area contributed by atoms with Gasteiger partial charge in [-0.2, -0.15) is 0 Å². The first kappa shape index (κ1) is 6.62. The van der Waals surface area contributed by atoms with E-state index in [1.54, 1.807) is 0 Å². The second kappa shape index (κ2) is 2.07. The van der Waals surface area contributed by atoms with E-state index in [4.69, 9.17) is 0 Å². The van der Waals surface area contributed by atoms with Crippen molar-refractivity contribution in [1.29, 1.82) is 0 Å². The Morgan fingerprint density at radius 1 is 1.57 bits per heavy atom. The summed E-state index contributed by atoms with van der Waals surface area (Å²) in [5, 5.41) is 0.493. The highest BCUT2D eigenvalue weighted by Crippen LogP contribution is 1.83. The van der Waals surface area contributed by atoms with Crippen molar-refractivity contribution >= 4 is 9.84 Å². The first-order chi connectivity index (χ1) is 3.06. The van der Waals surface area contributed by atoms with Gasteiger partial charge in [0.2, 0.25) is 0 Å². The quantitative estimate of drug-likeness (QED) is 0.509. The molecule has 0 spiro atoms. The topological polar surface area (TPSA) is 34.1 Å². The van der Waals surface area contributed by atoms with Crippen LogP contribution in [0, 0.1) is 0 Å². The molecule has 0 aliphatic carbocycles. The third-order valence-corrected chi connectivity index (χ3v) is 0.896. The van der Waals surface area contributed by atoms with Gasteiger partial charge in [0.05, 0.1) is 11.7 Å². The van der Waals surface area contributed by atoms with Crippen LogP contribution in [0.2, 0.25) is 0 Å². The van der Waals surface area contributed by atoms with E-state index in [2.05, 4.69) is 0 Å². The molecule has 0 aromatic rings. The van der Waals surface area contributed by atoms with Crippen LogP contribution in [0.15, 0.2) is 11.7 Å². The van der Waals surface area contributed by atoms with Gasteiger partial charge in [-0.15, -0.1) is 0 Å². The zero-order valence-electron chi connectivity index (χ0n) is 3.76. The molecular weight excluding hydrogens is 119 g/mol. The third-order valence-electron chi connectivity index (χ3n) is 0.299. The maximum Gasteiger partial charge on any atom is 0.170 e. The fourth-order valence-electron chi connectivity index (χ4n) is 0.0934. The molecule has 2 nitrogen and oxygen atoms in total. The molecule has 4 heteroatoms. The number of hydrogen-bond acceptors (Lipinski definition) is 2. The summed E-state index contributed by atoms with van der Waals surface area (Å²) in [5.41, 5.74) is 0. The zero-order chi connectivity index (χ0) is 5.91. The third kappa shape index (κ3) is 5.62. The molecule has 0 rings (SSSR count). The first-order valence-corrected chi connectivity index (χ1v) is 3.48. The lowest BCUT2D eigenvalue weighted by molar-refractivity contribution is 0.608. The van der Waals surface area contributed by atoms with Crippen LogP contribution in [0.1, 0.15) is 0 Å². The lowest BCUT2D eigenvalue weighted by Gasteiger charge is -1.75. The Bertz CT molecular complexity index is 156. The fourth-order valence-corrected chi connectivity index (χ4v) is 0.280. The minimum Gasteiger partial charge on any atom is -0.225 e. The smallest absolute Gasteiger partial charge is 0.170 e. The second-order valence-corrected chi connectivity index (χ2v) is 3.02. The molecule has 0 aromatic carbocycles.